The van der Waals surface area contributed by atoms with E-state index in [4.69, 9.17) is 15.4 Å². The van der Waals surface area contributed by atoms with Gasteiger partial charge in [-0.1, -0.05) is 6.92 Å². The molecule has 3 atom stereocenters. The van der Waals surface area contributed by atoms with E-state index in [9.17, 15) is 14.4 Å². The van der Waals surface area contributed by atoms with Crippen molar-refractivity contribution >= 4 is 29.8 Å². The number of nitrogens with one attached hydrogen (secondary N) is 2. The lowest BCUT2D eigenvalue weighted by Gasteiger charge is -2.22. The fourth-order valence-electron chi connectivity index (χ4n) is 1.42. The standard InChI is InChI=1S/C10H19N3O5S/c1-5(19-18)6(3-8(14)15)9(16)13-7(4-11)10(17)12-2/h5-7,18H,3-4,11H2,1-2H3,(H,12,17)(H,13,16)(H,14,15). The number of nitrogens with two attached hydrogens (primary N) is 1. The first-order valence-corrected chi connectivity index (χ1v) is 6.45. The van der Waals surface area contributed by atoms with Crippen LogP contribution in [0.15, 0.2) is 0 Å². The van der Waals surface area contributed by atoms with Crippen LogP contribution < -0.4 is 16.4 Å². The van der Waals surface area contributed by atoms with Gasteiger partial charge in [-0.2, -0.15) is 0 Å². The van der Waals surface area contributed by atoms with Gasteiger partial charge in [-0.25, -0.2) is 0 Å². The van der Waals surface area contributed by atoms with E-state index in [2.05, 4.69) is 10.6 Å². The molecular weight excluding hydrogens is 274 g/mol. The number of aliphatic carboxylic acids is 1. The van der Waals surface area contributed by atoms with Crippen molar-refractivity contribution in [1.29, 1.82) is 0 Å². The van der Waals surface area contributed by atoms with Gasteiger partial charge in [0.25, 0.3) is 0 Å². The fourth-order valence-corrected chi connectivity index (χ4v) is 1.78. The summed E-state index contributed by atoms with van der Waals surface area (Å²) >= 11 is 0.396. The molecular formula is C10H19N3O5S. The molecule has 9 heteroatoms. The number of hydrogen-bond donors (Lipinski definition) is 5. The maximum Gasteiger partial charge on any atom is 0.304 e. The highest BCUT2D eigenvalue weighted by Crippen LogP contribution is 2.20. The van der Waals surface area contributed by atoms with Crippen molar-refractivity contribution < 1.29 is 24.0 Å². The highest BCUT2D eigenvalue weighted by atomic mass is 32.2. The van der Waals surface area contributed by atoms with Crippen LogP contribution in [0.25, 0.3) is 0 Å². The summed E-state index contributed by atoms with van der Waals surface area (Å²) in [6.45, 7) is 1.42. The SMILES string of the molecule is CNC(=O)C(CN)NC(=O)C(CC(=O)O)C(C)SO. The highest BCUT2D eigenvalue weighted by Gasteiger charge is 2.30. The van der Waals surface area contributed by atoms with Gasteiger partial charge in [-0.3, -0.25) is 14.4 Å². The Morgan fingerprint density at radius 3 is 2.26 bits per heavy atom. The number of hydrogen-bond acceptors (Lipinski definition) is 6. The van der Waals surface area contributed by atoms with Crippen LogP contribution in [-0.2, 0) is 14.4 Å². The van der Waals surface area contributed by atoms with E-state index in [1.54, 1.807) is 0 Å². The second kappa shape index (κ2) is 8.73. The van der Waals surface area contributed by atoms with Crippen LogP contribution in [0.4, 0.5) is 0 Å². The third-order valence-electron chi connectivity index (χ3n) is 2.58. The smallest absolute Gasteiger partial charge is 0.304 e. The molecule has 0 bridgehead atoms. The van der Waals surface area contributed by atoms with E-state index in [1.165, 1.54) is 14.0 Å². The predicted octanol–water partition coefficient (Wildman–Crippen LogP) is -1.14. The Balaban J connectivity index is 4.79. The molecule has 0 aromatic heterocycles. The second-order valence-electron chi connectivity index (χ2n) is 3.93. The van der Waals surface area contributed by atoms with Crippen LogP contribution in [0.3, 0.4) is 0 Å². The number of carboxylic acids is 1. The summed E-state index contributed by atoms with van der Waals surface area (Å²) in [5.74, 6) is -3.21. The summed E-state index contributed by atoms with van der Waals surface area (Å²) in [5.41, 5.74) is 5.36. The van der Waals surface area contributed by atoms with E-state index in [0.717, 1.165) is 0 Å². The molecule has 0 aliphatic heterocycles. The zero-order valence-corrected chi connectivity index (χ0v) is 11.6. The normalized spacial score (nSPS) is 15.2. The number of carbonyl (C=O) groups is 3. The Bertz CT molecular complexity index is 339. The molecule has 19 heavy (non-hydrogen) atoms. The largest absolute Gasteiger partial charge is 0.481 e. The summed E-state index contributed by atoms with van der Waals surface area (Å²) in [6, 6.07) is -0.926. The van der Waals surface area contributed by atoms with Crippen LogP contribution in [0.2, 0.25) is 0 Å². The average molecular weight is 293 g/mol. The Kier molecular flexibility index (Phi) is 8.12. The lowest BCUT2D eigenvalue weighted by atomic mass is 10.0. The van der Waals surface area contributed by atoms with Crippen LogP contribution in [0.1, 0.15) is 13.3 Å². The first-order chi connectivity index (χ1) is 8.87. The summed E-state index contributed by atoms with van der Waals surface area (Å²) in [5, 5.41) is 12.9. The van der Waals surface area contributed by atoms with Crippen LogP contribution in [0.5, 0.6) is 0 Å². The minimum atomic E-state index is -1.16. The van der Waals surface area contributed by atoms with Gasteiger partial charge < -0.3 is 26.0 Å². The molecule has 0 rings (SSSR count). The lowest BCUT2D eigenvalue weighted by molar-refractivity contribution is -0.141. The fraction of sp³-hybridized carbons (Fsp3) is 0.700. The molecule has 0 saturated heterocycles. The molecule has 0 aliphatic rings. The first kappa shape index (κ1) is 17.7. The van der Waals surface area contributed by atoms with Gasteiger partial charge in [0.2, 0.25) is 11.8 Å². The van der Waals surface area contributed by atoms with E-state index in [1.807, 2.05) is 0 Å². The molecule has 0 aliphatic carbocycles. The predicted molar refractivity (Wildman–Crippen MR) is 70.5 cm³/mol. The van der Waals surface area contributed by atoms with Gasteiger partial charge in [0, 0.05) is 18.8 Å². The van der Waals surface area contributed by atoms with Gasteiger partial charge in [-0.15, -0.1) is 0 Å². The van der Waals surface area contributed by atoms with Crippen molar-refractivity contribution in [2.24, 2.45) is 11.7 Å². The van der Waals surface area contributed by atoms with E-state index < -0.39 is 41.4 Å². The Labute approximate surface area is 115 Å². The zero-order chi connectivity index (χ0) is 15.0. The van der Waals surface area contributed by atoms with Gasteiger partial charge in [0.15, 0.2) is 0 Å². The molecule has 0 radical (unpaired) electrons. The summed E-state index contributed by atoms with van der Waals surface area (Å²) < 4.78 is 8.95. The van der Waals surface area contributed by atoms with Crippen molar-refractivity contribution in [1.82, 2.24) is 10.6 Å². The Morgan fingerprint density at radius 1 is 1.32 bits per heavy atom. The molecule has 0 saturated carbocycles. The van der Waals surface area contributed by atoms with Gasteiger partial charge in [0.05, 0.1) is 12.3 Å². The summed E-state index contributed by atoms with van der Waals surface area (Å²) in [4.78, 5) is 34.0. The number of carboxylic acid groups (broad SMARTS) is 1. The quantitative estimate of drug-likeness (QED) is 0.356. The Morgan fingerprint density at radius 2 is 1.89 bits per heavy atom. The van der Waals surface area contributed by atoms with E-state index in [0.29, 0.717) is 12.0 Å². The maximum atomic E-state index is 11.9. The number of carbonyl (C=O) groups excluding carboxylic acids is 2. The molecule has 0 aromatic rings. The van der Waals surface area contributed by atoms with E-state index >= 15 is 0 Å². The molecule has 0 heterocycles. The topological polar surface area (TPSA) is 142 Å². The third-order valence-corrected chi connectivity index (χ3v) is 3.24. The average Bonchev–Trinajstić information content (AvgIpc) is 2.39. The molecule has 3 unspecified atom stereocenters. The monoisotopic (exact) mass is 293 g/mol. The molecule has 0 spiro atoms. The molecule has 2 amide bonds. The van der Waals surface area contributed by atoms with Crippen LogP contribution in [0, 0.1) is 5.92 Å². The van der Waals surface area contributed by atoms with Crippen molar-refractivity contribution in [3.05, 3.63) is 0 Å². The van der Waals surface area contributed by atoms with Crippen LogP contribution >= 0.6 is 12.0 Å². The highest BCUT2D eigenvalue weighted by molar-refractivity contribution is 7.94. The molecule has 0 fully saturated rings. The first-order valence-electron chi connectivity index (χ1n) is 5.61. The van der Waals surface area contributed by atoms with E-state index in [-0.39, 0.29) is 6.54 Å². The molecule has 0 aromatic carbocycles. The zero-order valence-electron chi connectivity index (χ0n) is 10.8. The van der Waals surface area contributed by atoms with Gasteiger partial charge in [0.1, 0.15) is 6.04 Å². The van der Waals surface area contributed by atoms with Crippen molar-refractivity contribution in [2.45, 2.75) is 24.6 Å². The van der Waals surface area contributed by atoms with Crippen molar-refractivity contribution in [3.63, 3.8) is 0 Å². The Hall–Kier alpha value is -1.32. The minimum Gasteiger partial charge on any atom is -0.481 e. The number of amides is 2. The van der Waals surface area contributed by atoms with Gasteiger partial charge in [-0.05, 0) is 12.0 Å². The summed E-state index contributed by atoms with van der Waals surface area (Å²) in [6.07, 6.45) is -0.439. The van der Waals surface area contributed by atoms with Crippen molar-refractivity contribution in [3.8, 4) is 0 Å². The third kappa shape index (κ3) is 5.90. The second-order valence-corrected chi connectivity index (χ2v) is 4.88. The van der Waals surface area contributed by atoms with Crippen LogP contribution in [-0.4, -0.2) is 52.3 Å². The molecule has 6 N–H and O–H groups in total. The maximum absolute atomic E-state index is 11.9. The summed E-state index contributed by atoms with van der Waals surface area (Å²) in [7, 11) is 1.40. The molecule has 8 nitrogen and oxygen atoms in total. The van der Waals surface area contributed by atoms with Gasteiger partial charge >= 0.3 is 5.97 Å². The number of rotatable bonds is 8. The molecule has 110 valence electrons. The van der Waals surface area contributed by atoms with Crippen molar-refractivity contribution in [2.75, 3.05) is 13.6 Å². The number of likely N-dealkylation sites (N-methyl/N-ethyl adjacent to an activating group) is 1. The minimum absolute atomic E-state index is 0.105. The lowest BCUT2D eigenvalue weighted by Crippen LogP contribution is -2.52.